The number of nitrogens with zero attached hydrogens (tertiary/aromatic N) is 2. The van der Waals surface area contributed by atoms with Crippen LogP contribution in [0.2, 0.25) is 0 Å². The van der Waals surface area contributed by atoms with Crippen LogP contribution in [0.4, 0.5) is 0 Å². The fraction of sp³-hybridized carbons (Fsp3) is 0.273. The van der Waals surface area contributed by atoms with Crippen molar-refractivity contribution in [2.75, 3.05) is 7.11 Å². The Labute approximate surface area is 87.5 Å². The molecule has 0 atom stereocenters. The third-order valence-electron chi connectivity index (χ3n) is 2.38. The summed E-state index contributed by atoms with van der Waals surface area (Å²) in [6.07, 6.45) is 1.61. The molecular weight excluding hydrogens is 192 g/mol. The second-order valence-corrected chi connectivity index (χ2v) is 3.43. The molecule has 4 nitrogen and oxygen atoms in total. The minimum atomic E-state index is -0.0385. The van der Waals surface area contributed by atoms with E-state index < -0.39 is 0 Å². The Balaban J connectivity index is 2.80. The highest BCUT2D eigenvalue weighted by Gasteiger charge is 2.12. The Morgan fingerprint density at radius 3 is 2.80 bits per heavy atom. The van der Waals surface area contributed by atoms with Gasteiger partial charge >= 0.3 is 0 Å². The Morgan fingerprint density at radius 1 is 1.47 bits per heavy atom. The summed E-state index contributed by atoms with van der Waals surface area (Å²) in [4.78, 5) is 15.4. The number of fused-ring (bicyclic) bond motifs is 1. The van der Waals surface area contributed by atoms with Crippen molar-refractivity contribution in [1.29, 1.82) is 0 Å². The lowest BCUT2D eigenvalue weighted by atomic mass is 10.2. The maximum Gasteiger partial charge on any atom is 0.202 e. The van der Waals surface area contributed by atoms with E-state index in [1.807, 2.05) is 19.1 Å². The van der Waals surface area contributed by atoms with Crippen LogP contribution in [0.3, 0.4) is 0 Å². The summed E-state index contributed by atoms with van der Waals surface area (Å²) in [6.45, 7) is 3.46. The van der Waals surface area contributed by atoms with Crippen molar-refractivity contribution in [2.45, 2.75) is 13.8 Å². The molecule has 0 bridgehead atoms. The monoisotopic (exact) mass is 204 g/mol. The molecule has 78 valence electrons. The predicted molar refractivity (Wildman–Crippen MR) is 56.5 cm³/mol. The van der Waals surface area contributed by atoms with Gasteiger partial charge in [0.25, 0.3) is 0 Å². The quantitative estimate of drug-likeness (QED) is 0.701. The van der Waals surface area contributed by atoms with Gasteiger partial charge in [0.2, 0.25) is 5.88 Å². The van der Waals surface area contributed by atoms with Gasteiger partial charge in [-0.3, -0.25) is 9.20 Å². The molecule has 0 aliphatic heterocycles. The number of methoxy groups -OCH3 is 1. The van der Waals surface area contributed by atoms with Crippen molar-refractivity contribution in [3.63, 3.8) is 0 Å². The Kier molecular flexibility index (Phi) is 2.19. The SMILES string of the molecule is COc1c(C)ccc2c(C(C)=O)ncn12. The lowest BCUT2D eigenvalue weighted by Gasteiger charge is -2.07. The highest BCUT2D eigenvalue weighted by Crippen LogP contribution is 2.21. The first kappa shape index (κ1) is 9.71. The van der Waals surface area contributed by atoms with Crippen LogP contribution in [0.5, 0.6) is 5.88 Å². The molecule has 15 heavy (non-hydrogen) atoms. The van der Waals surface area contributed by atoms with Crippen molar-refractivity contribution in [1.82, 2.24) is 9.38 Å². The molecule has 0 radical (unpaired) electrons. The van der Waals surface area contributed by atoms with Gasteiger partial charge in [-0.25, -0.2) is 4.98 Å². The van der Waals surface area contributed by atoms with E-state index in [9.17, 15) is 4.79 Å². The number of carbonyl (C=O) groups excluding carboxylic acids is 1. The minimum absolute atomic E-state index is 0.0385. The van der Waals surface area contributed by atoms with Gasteiger partial charge in [0.1, 0.15) is 12.0 Å². The van der Waals surface area contributed by atoms with Crippen LogP contribution in [-0.4, -0.2) is 22.3 Å². The second-order valence-electron chi connectivity index (χ2n) is 3.43. The van der Waals surface area contributed by atoms with Crippen LogP contribution in [-0.2, 0) is 0 Å². The van der Waals surface area contributed by atoms with Crippen molar-refractivity contribution < 1.29 is 9.53 Å². The molecule has 2 aromatic rings. The molecule has 0 saturated heterocycles. The van der Waals surface area contributed by atoms with E-state index in [-0.39, 0.29) is 5.78 Å². The number of ketones is 1. The fourth-order valence-corrected chi connectivity index (χ4v) is 1.67. The molecule has 0 saturated carbocycles. The lowest BCUT2D eigenvalue weighted by molar-refractivity contribution is 0.101. The number of imidazole rings is 1. The molecule has 0 fully saturated rings. The van der Waals surface area contributed by atoms with E-state index >= 15 is 0 Å². The fourth-order valence-electron chi connectivity index (χ4n) is 1.67. The van der Waals surface area contributed by atoms with Crippen LogP contribution < -0.4 is 4.74 Å². The zero-order valence-electron chi connectivity index (χ0n) is 8.94. The molecule has 0 spiro atoms. The van der Waals surface area contributed by atoms with Gasteiger partial charge in [-0.1, -0.05) is 6.07 Å². The molecule has 4 heteroatoms. The largest absolute Gasteiger partial charge is 0.482 e. The maximum atomic E-state index is 11.3. The number of ether oxygens (including phenoxy) is 1. The first-order valence-electron chi connectivity index (χ1n) is 4.66. The van der Waals surface area contributed by atoms with Gasteiger partial charge < -0.3 is 4.74 Å². The summed E-state index contributed by atoms with van der Waals surface area (Å²) < 4.78 is 7.05. The molecule has 2 aromatic heterocycles. The first-order valence-corrected chi connectivity index (χ1v) is 4.66. The van der Waals surface area contributed by atoms with Crippen molar-refractivity contribution in [3.05, 3.63) is 29.7 Å². The van der Waals surface area contributed by atoms with Gasteiger partial charge in [0.15, 0.2) is 5.78 Å². The Morgan fingerprint density at radius 2 is 2.20 bits per heavy atom. The lowest BCUT2D eigenvalue weighted by Crippen LogP contribution is -1.97. The molecular formula is C11H12N2O2. The van der Waals surface area contributed by atoms with Crippen LogP contribution in [0.25, 0.3) is 5.52 Å². The van der Waals surface area contributed by atoms with Gasteiger partial charge in [-0.05, 0) is 13.0 Å². The van der Waals surface area contributed by atoms with Crippen LogP contribution in [0.1, 0.15) is 23.0 Å². The van der Waals surface area contributed by atoms with Crippen molar-refractivity contribution >= 4 is 11.3 Å². The second kappa shape index (κ2) is 3.38. The summed E-state index contributed by atoms with van der Waals surface area (Å²) in [7, 11) is 1.61. The third kappa shape index (κ3) is 1.38. The van der Waals surface area contributed by atoms with Crippen LogP contribution in [0, 0.1) is 6.92 Å². The molecule has 0 N–H and O–H groups in total. The van der Waals surface area contributed by atoms with E-state index in [2.05, 4.69) is 4.98 Å². The topological polar surface area (TPSA) is 43.6 Å². The summed E-state index contributed by atoms with van der Waals surface area (Å²) in [5.74, 6) is 0.677. The predicted octanol–water partition coefficient (Wildman–Crippen LogP) is 1.85. The van der Waals surface area contributed by atoms with E-state index in [1.165, 1.54) is 6.92 Å². The van der Waals surface area contributed by atoms with Crippen LogP contribution >= 0.6 is 0 Å². The average Bonchev–Trinajstić information content (AvgIpc) is 2.61. The normalized spacial score (nSPS) is 10.6. The highest BCUT2D eigenvalue weighted by atomic mass is 16.5. The Hall–Kier alpha value is -1.84. The molecule has 0 aliphatic rings. The Bertz CT molecular complexity index is 529. The summed E-state index contributed by atoms with van der Waals surface area (Å²) in [6, 6.07) is 3.80. The first-order chi connectivity index (χ1) is 7.15. The van der Waals surface area contributed by atoms with Gasteiger partial charge in [-0.15, -0.1) is 0 Å². The number of aromatic nitrogens is 2. The number of carbonyl (C=O) groups is 1. The molecule has 2 heterocycles. The summed E-state index contributed by atoms with van der Waals surface area (Å²) >= 11 is 0. The number of pyridine rings is 1. The van der Waals surface area contributed by atoms with Gasteiger partial charge in [-0.2, -0.15) is 0 Å². The van der Waals surface area contributed by atoms with Gasteiger partial charge in [0, 0.05) is 12.5 Å². The molecule has 0 aliphatic carbocycles. The van der Waals surface area contributed by atoms with Gasteiger partial charge in [0.05, 0.1) is 12.6 Å². The van der Waals surface area contributed by atoms with Crippen molar-refractivity contribution in [2.24, 2.45) is 0 Å². The van der Waals surface area contributed by atoms with E-state index in [0.29, 0.717) is 11.6 Å². The molecule has 0 unspecified atom stereocenters. The summed E-state index contributed by atoms with van der Waals surface area (Å²) in [5.41, 5.74) is 2.27. The maximum absolute atomic E-state index is 11.3. The van der Waals surface area contributed by atoms with E-state index in [0.717, 1.165) is 11.1 Å². The number of hydrogen-bond acceptors (Lipinski definition) is 3. The number of rotatable bonds is 2. The average molecular weight is 204 g/mol. The number of hydrogen-bond donors (Lipinski definition) is 0. The highest BCUT2D eigenvalue weighted by molar-refractivity contribution is 5.98. The van der Waals surface area contributed by atoms with Crippen LogP contribution in [0.15, 0.2) is 18.5 Å². The summed E-state index contributed by atoms with van der Waals surface area (Å²) in [5, 5.41) is 0. The van der Waals surface area contributed by atoms with Crippen molar-refractivity contribution in [3.8, 4) is 5.88 Å². The zero-order chi connectivity index (χ0) is 11.0. The zero-order valence-corrected chi connectivity index (χ0v) is 8.94. The smallest absolute Gasteiger partial charge is 0.202 e. The van der Waals surface area contributed by atoms with E-state index in [4.69, 9.17) is 4.74 Å². The number of aryl methyl sites for hydroxylation is 1. The standard InChI is InChI=1S/C11H12N2O2/c1-7-4-5-9-10(8(2)14)12-6-13(9)11(7)15-3/h4-6H,1-3H3. The number of Topliss-reactive ketones (excluding diaryl/α,β-unsaturated/α-hetero) is 1. The third-order valence-corrected chi connectivity index (χ3v) is 2.38. The molecule has 2 rings (SSSR count). The molecule has 0 amide bonds. The minimum Gasteiger partial charge on any atom is -0.482 e. The van der Waals surface area contributed by atoms with E-state index in [1.54, 1.807) is 17.8 Å². The molecule has 0 aromatic carbocycles.